The predicted octanol–water partition coefficient (Wildman–Crippen LogP) is 2.92. The van der Waals surface area contributed by atoms with Gasteiger partial charge in [0.1, 0.15) is 5.75 Å². The second kappa shape index (κ2) is 8.71. The van der Waals surface area contributed by atoms with E-state index in [0.29, 0.717) is 11.7 Å². The van der Waals surface area contributed by atoms with E-state index >= 15 is 0 Å². The Kier molecular flexibility index (Phi) is 6.64. The first-order valence-corrected chi connectivity index (χ1v) is 8.60. The molecule has 1 saturated carbocycles. The molecule has 1 aromatic carbocycles. The predicted molar refractivity (Wildman–Crippen MR) is 91.9 cm³/mol. The van der Waals surface area contributed by atoms with Crippen LogP contribution in [0.15, 0.2) is 18.2 Å². The number of rotatable bonds is 6. The van der Waals surface area contributed by atoms with Gasteiger partial charge in [-0.05, 0) is 44.2 Å². The molecule has 132 valence electrons. The summed E-state index contributed by atoms with van der Waals surface area (Å²) in [4.78, 5) is 23.6. The fraction of sp³-hybridized carbons (Fsp3) is 0.579. The van der Waals surface area contributed by atoms with Gasteiger partial charge in [-0.25, -0.2) is 4.79 Å². The average Bonchev–Trinajstić information content (AvgIpc) is 2.54. The summed E-state index contributed by atoms with van der Waals surface area (Å²) in [7, 11) is 0. The summed E-state index contributed by atoms with van der Waals surface area (Å²) in [5.41, 5.74) is 2.10. The lowest BCUT2D eigenvalue weighted by atomic mass is 9.86. The molecule has 0 unspecified atom stereocenters. The number of hydrogen-bond acceptors (Lipinski definition) is 4. The Bertz CT molecular complexity index is 585. The number of amides is 1. The van der Waals surface area contributed by atoms with Gasteiger partial charge in [-0.3, -0.25) is 4.79 Å². The van der Waals surface area contributed by atoms with Crippen LogP contribution in [0.4, 0.5) is 0 Å². The summed E-state index contributed by atoms with van der Waals surface area (Å²) < 4.78 is 10.4. The van der Waals surface area contributed by atoms with Crippen LogP contribution in [0.3, 0.4) is 0 Å². The van der Waals surface area contributed by atoms with Crippen LogP contribution in [0.5, 0.6) is 5.75 Å². The third-order valence-corrected chi connectivity index (χ3v) is 4.50. The molecule has 0 bridgehead atoms. The van der Waals surface area contributed by atoms with Gasteiger partial charge < -0.3 is 14.8 Å². The summed E-state index contributed by atoms with van der Waals surface area (Å²) in [6, 6.07) is 5.93. The summed E-state index contributed by atoms with van der Waals surface area (Å²) >= 11 is 0. The van der Waals surface area contributed by atoms with E-state index in [0.717, 1.165) is 30.4 Å². The van der Waals surface area contributed by atoms with E-state index in [9.17, 15) is 9.59 Å². The highest BCUT2D eigenvalue weighted by molar-refractivity contribution is 5.81. The fourth-order valence-electron chi connectivity index (χ4n) is 3.06. The van der Waals surface area contributed by atoms with Crippen LogP contribution in [0.25, 0.3) is 0 Å². The maximum Gasteiger partial charge on any atom is 0.344 e. The lowest BCUT2D eigenvalue weighted by Crippen LogP contribution is -2.43. The van der Waals surface area contributed by atoms with Crippen molar-refractivity contribution in [1.29, 1.82) is 0 Å². The zero-order valence-electron chi connectivity index (χ0n) is 14.8. The Morgan fingerprint density at radius 1 is 1.17 bits per heavy atom. The largest absolute Gasteiger partial charge is 0.482 e. The smallest absolute Gasteiger partial charge is 0.344 e. The topological polar surface area (TPSA) is 64.6 Å². The first-order valence-electron chi connectivity index (χ1n) is 8.60. The molecular formula is C19H27NO4. The average molecular weight is 333 g/mol. The van der Waals surface area contributed by atoms with Crippen molar-refractivity contribution in [1.82, 2.24) is 5.32 Å². The molecule has 2 atom stereocenters. The minimum Gasteiger partial charge on any atom is -0.482 e. The van der Waals surface area contributed by atoms with Crippen molar-refractivity contribution >= 4 is 11.9 Å². The van der Waals surface area contributed by atoms with Gasteiger partial charge in [-0.2, -0.15) is 0 Å². The van der Waals surface area contributed by atoms with Crippen LogP contribution >= 0.6 is 0 Å². The zero-order chi connectivity index (χ0) is 17.5. The molecule has 0 spiro atoms. The number of hydrogen-bond donors (Lipinski definition) is 1. The molecule has 2 rings (SSSR count). The maximum atomic E-state index is 11.9. The highest BCUT2D eigenvalue weighted by Crippen LogP contribution is 2.23. The maximum absolute atomic E-state index is 11.9. The summed E-state index contributed by atoms with van der Waals surface area (Å²) in [6.45, 7) is 5.62. The Morgan fingerprint density at radius 3 is 2.62 bits per heavy atom. The monoisotopic (exact) mass is 333 g/mol. The normalized spacial score (nSPS) is 20.3. The minimum absolute atomic E-state index is 0.191. The van der Waals surface area contributed by atoms with E-state index in [2.05, 4.69) is 12.2 Å². The molecule has 1 N–H and O–H groups in total. The molecule has 1 aliphatic carbocycles. The zero-order valence-corrected chi connectivity index (χ0v) is 14.8. The molecule has 0 aromatic heterocycles. The molecule has 24 heavy (non-hydrogen) atoms. The van der Waals surface area contributed by atoms with Gasteiger partial charge in [0.05, 0.1) is 0 Å². The van der Waals surface area contributed by atoms with E-state index in [1.807, 2.05) is 32.0 Å². The lowest BCUT2D eigenvalue weighted by molar-refractivity contribution is -0.150. The molecule has 1 aliphatic rings. The molecule has 0 radical (unpaired) electrons. The molecule has 5 nitrogen and oxygen atoms in total. The summed E-state index contributed by atoms with van der Waals surface area (Å²) in [5.74, 6) is 0.347. The number of benzene rings is 1. The number of ether oxygens (including phenoxy) is 2. The first kappa shape index (κ1) is 18.3. The van der Waals surface area contributed by atoms with Crippen LogP contribution in [0.2, 0.25) is 0 Å². The van der Waals surface area contributed by atoms with Gasteiger partial charge >= 0.3 is 5.97 Å². The Balaban J connectivity index is 1.69. The van der Waals surface area contributed by atoms with E-state index in [4.69, 9.17) is 9.47 Å². The van der Waals surface area contributed by atoms with Crippen LogP contribution in [0.1, 0.15) is 43.7 Å². The van der Waals surface area contributed by atoms with E-state index in [-0.39, 0.29) is 25.2 Å². The van der Waals surface area contributed by atoms with Crippen molar-refractivity contribution in [2.45, 2.75) is 52.5 Å². The molecule has 0 heterocycles. The van der Waals surface area contributed by atoms with Crippen molar-refractivity contribution in [2.75, 3.05) is 13.2 Å². The number of carbonyl (C=O) groups excluding carboxylic acids is 2. The van der Waals surface area contributed by atoms with Crippen LogP contribution in [-0.4, -0.2) is 31.1 Å². The van der Waals surface area contributed by atoms with Gasteiger partial charge in [-0.1, -0.05) is 37.5 Å². The van der Waals surface area contributed by atoms with Gasteiger partial charge in [0.2, 0.25) is 0 Å². The standard InChI is InChI=1S/C19H27NO4/c1-13-8-9-17(15(3)10-13)23-12-19(22)24-11-18(21)20-16-7-5-4-6-14(16)2/h8-10,14,16H,4-7,11-12H2,1-3H3,(H,20,21)/t14-,16-/m1/s1. The highest BCUT2D eigenvalue weighted by atomic mass is 16.6. The quantitative estimate of drug-likeness (QED) is 0.813. The molecule has 0 saturated heterocycles. The molecule has 1 fully saturated rings. The molecular weight excluding hydrogens is 306 g/mol. The van der Waals surface area contributed by atoms with Crippen LogP contribution < -0.4 is 10.1 Å². The number of carbonyl (C=O) groups is 2. The number of nitrogens with one attached hydrogen (secondary N) is 1. The molecule has 0 aliphatic heterocycles. The first-order chi connectivity index (χ1) is 11.5. The van der Waals surface area contributed by atoms with Gasteiger partial charge in [0.25, 0.3) is 5.91 Å². The van der Waals surface area contributed by atoms with Crippen molar-refractivity contribution in [3.63, 3.8) is 0 Å². The van der Waals surface area contributed by atoms with Gasteiger partial charge in [0, 0.05) is 6.04 Å². The Morgan fingerprint density at radius 2 is 1.92 bits per heavy atom. The van der Waals surface area contributed by atoms with E-state index in [1.54, 1.807) is 0 Å². The van der Waals surface area contributed by atoms with Crippen molar-refractivity contribution in [2.24, 2.45) is 5.92 Å². The SMILES string of the molecule is Cc1ccc(OCC(=O)OCC(=O)N[C@@H]2CCCC[C@H]2C)c(C)c1. The minimum atomic E-state index is -0.540. The molecule has 1 aromatic rings. The molecule has 5 heteroatoms. The summed E-state index contributed by atoms with van der Waals surface area (Å²) in [6.07, 6.45) is 4.49. The Hall–Kier alpha value is -2.04. The van der Waals surface area contributed by atoms with E-state index in [1.165, 1.54) is 6.42 Å². The lowest BCUT2D eigenvalue weighted by Gasteiger charge is -2.29. The third-order valence-electron chi connectivity index (χ3n) is 4.50. The third kappa shape index (κ3) is 5.55. The second-order valence-corrected chi connectivity index (χ2v) is 6.65. The Labute approximate surface area is 143 Å². The molecule has 1 amide bonds. The van der Waals surface area contributed by atoms with Crippen LogP contribution in [-0.2, 0) is 14.3 Å². The number of aryl methyl sites for hydroxylation is 2. The van der Waals surface area contributed by atoms with E-state index < -0.39 is 5.97 Å². The van der Waals surface area contributed by atoms with Crippen LogP contribution in [0, 0.1) is 19.8 Å². The highest BCUT2D eigenvalue weighted by Gasteiger charge is 2.23. The van der Waals surface area contributed by atoms with Gasteiger partial charge in [-0.15, -0.1) is 0 Å². The fourth-order valence-corrected chi connectivity index (χ4v) is 3.06. The van der Waals surface area contributed by atoms with Gasteiger partial charge in [0.15, 0.2) is 13.2 Å². The summed E-state index contributed by atoms with van der Waals surface area (Å²) in [5, 5.41) is 2.96. The van der Waals surface area contributed by atoms with Crippen molar-refractivity contribution < 1.29 is 19.1 Å². The second-order valence-electron chi connectivity index (χ2n) is 6.65. The van der Waals surface area contributed by atoms with Crippen molar-refractivity contribution in [3.8, 4) is 5.75 Å². The number of esters is 1. The van der Waals surface area contributed by atoms with Crippen molar-refractivity contribution in [3.05, 3.63) is 29.3 Å².